The Morgan fingerprint density at radius 3 is 2.78 bits per heavy atom. The summed E-state index contributed by atoms with van der Waals surface area (Å²) in [5, 5.41) is 0. The predicted octanol–water partition coefficient (Wildman–Crippen LogP) is 1.31. The fourth-order valence-corrected chi connectivity index (χ4v) is 4.26. The van der Waals surface area contributed by atoms with Crippen molar-refractivity contribution in [2.24, 2.45) is 5.92 Å². The second-order valence-electron chi connectivity index (χ2n) is 7.14. The van der Waals surface area contributed by atoms with Gasteiger partial charge in [-0.15, -0.1) is 0 Å². The van der Waals surface area contributed by atoms with E-state index in [-0.39, 0.29) is 6.04 Å². The molecule has 0 spiro atoms. The number of aromatic nitrogens is 2. The van der Waals surface area contributed by atoms with Crippen molar-refractivity contribution in [3.05, 3.63) is 17.5 Å². The van der Waals surface area contributed by atoms with Gasteiger partial charge in [-0.1, -0.05) is 0 Å². The van der Waals surface area contributed by atoms with Crippen LogP contribution in [0.4, 0.5) is 5.95 Å². The van der Waals surface area contributed by atoms with E-state index in [9.17, 15) is 4.79 Å². The maximum atomic E-state index is 12.6. The van der Waals surface area contributed by atoms with Gasteiger partial charge in [0.1, 0.15) is 0 Å². The number of hydrogen-bond donors (Lipinski definition) is 0. The molecule has 4 heterocycles. The molecule has 1 aliphatic carbocycles. The molecule has 1 saturated carbocycles. The Balaban J connectivity index is 1.44. The molecule has 3 fully saturated rings. The van der Waals surface area contributed by atoms with Crippen LogP contribution in [0.3, 0.4) is 0 Å². The average Bonchev–Trinajstić information content (AvgIpc) is 3.39. The molecular formula is C17H22N4O2. The molecule has 0 radical (unpaired) electrons. The van der Waals surface area contributed by atoms with Gasteiger partial charge >= 0.3 is 0 Å². The van der Waals surface area contributed by atoms with Crippen LogP contribution in [0.2, 0.25) is 0 Å². The van der Waals surface area contributed by atoms with Crippen LogP contribution in [0.25, 0.3) is 0 Å². The van der Waals surface area contributed by atoms with E-state index in [0.717, 1.165) is 70.0 Å². The molecule has 1 aromatic rings. The van der Waals surface area contributed by atoms with Crippen molar-refractivity contribution < 1.29 is 9.53 Å². The fourth-order valence-electron chi connectivity index (χ4n) is 4.26. The van der Waals surface area contributed by atoms with E-state index in [2.05, 4.69) is 14.8 Å². The van der Waals surface area contributed by atoms with Crippen LogP contribution in [-0.4, -0.2) is 53.1 Å². The van der Waals surface area contributed by atoms with Crippen molar-refractivity contribution in [3.8, 4) is 0 Å². The van der Waals surface area contributed by atoms with E-state index >= 15 is 0 Å². The highest BCUT2D eigenvalue weighted by molar-refractivity contribution is 5.82. The van der Waals surface area contributed by atoms with Crippen molar-refractivity contribution in [2.75, 3.05) is 31.2 Å². The Bertz CT molecular complexity index is 639. The lowest BCUT2D eigenvalue weighted by Crippen LogP contribution is -2.43. The first kappa shape index (κ1) is 13.7. The third-order valence-corrected chi connectivity index (χ3v) is 5.65. The second kappa shape index (κ2) is 5.16. The normalized spacial score (nSPS) is 29.6. The van der Waals surface area contributed by atoms with Gasteiger partial charge in [0.2, 0.25) is 11.9 Å². The summed E-state index contributed by atoms with van der Waals surface area (Å²) in [7, 11) is 0. The molecule has 4 aliphatic rings. The number of carbonyl (C=O) groups is 1. The van der Waals surface area contributed by atoms with E-state index in [0.29, 0.717) is 17.9 Å². The topological polar surface area (TPSA) is 58.6 Å². The number of nitrogens with zero attached hydrogens (tertiary/aromatic N) is 4. The molecule has 2 saturated heterocycles. The lowest BCUT2D eigenvalue weighted by molar-refractivity contribution is -0.136. The molecule has 122 valence electrons. The van der Waals surface area contributed by atoms with Crippen molar-refractivity contribution >= 4 is 11.9 Å². The minimum absolute atomic E-state index is 0.218. The Labute approximate surface area is 135 Å². The standard InChI is InChI=1S/C17H22N4O2/c22-16(11-1-2-11)21-12-3-4-15(21)13-10-18-17(19-14(13)9-12)20-5-7-23-8-6-20/h10-12,15H,1-9H2. The predicted molar refractivity (Wildman–Crippen MR) is 84.1 cm³/mol. The van der Waals surface area contributed by atoms with Gasteiger partial charge in [0, 0.05) is 43.2 Å². The summed E-state index contributed by atoms with van der Waals surface area (Å²) in [6, 6.07) is 0.573. The van der Waals surface area contributed by atoms with E-state index in [1.165, 1.54) is 5.56 Å². The summed E-state index contributed by atoms with van der Waals surface area (Å²) in [5.74, 6) is 1.50. The van der Waals surface area contributed by atoms with E-state index in [1.807, 2.05) is 6.20 Å². The summed E-state index contributed by atoms with van der Waals surface area (Å²) < 4.78 is 5.41. The summed E-state index contributed by atoms with van der Waals surface area (Å²) in [6.45, 7) is 3.21. The summed E-state index contributed by atoms with van der Waals surface area (Å²) >= 11 is 0. The van der Waals surface area contributed by atoms with Crippen LogP contribution < -0.4 is 4.90 Å². The van der Waals surface area contributed by atoms with Gasteiger partial charge in [0.05, 0.1) is 24.9 Å². The molecule has 23 heavy (non-hydrogen) atoms. The molecule has 2 atom stereocenters. The minimum Gasteiger partial charge on any atom is -0.378 e. The van der Waals surface area contributed by atoms with E-state index < -0.39 is 0 Å². The lowest BCUT2D eigenvalue weighted by atomic mass is 9.98. The Morgan fingerprint density at radius 2 is 2.00 bits per heavy atom. The highest BCUT2D eigenvalue weighted by Crippen LogP contribution is 2.46. The zero-order chi connectivity index (χ0) is 15.4. The first-order chi connectivity index (χ1) is 11.3. The lowest BCUT2D eigenvalue weighted by Gasteiger charge is -2.36. The zero-order valence-electron chi connectivity index (χ0n) is 13.3. The maximum Gasteiger partial charge on any atom is 0.226 e. The molecule has 2 unspecified atom stereocenters. The molecule has 2 bridgehead atoms. The third kappa shape index (κ3) is 2.23. The first-order valence-corrected chi connectivity index (χ1v) is 8.82. The highest BCUT2D eigenvalue weighted by atomic mass is 16.5. The van der Waals surface area contributed by atoms with Crippen LogP contribution in [-0.2, 0) is 16.0 Å². The molecule has 5 rings (SSSR count). The third-order valence-electron chi connectivity index (χ3n) is 5.65. The van der Waals surface area contributed by atoms with Gasteiger partial charge < -0.3 is 14.5 Å². The number of hydrogen-bond acceptors (Lipinski definition) is 5. The molecule has 6 nitrogen and oxygen atoms in total. The second-order valence-corrected chi connectivity index (χ2v) is 7.14. The number of anilines is 1. The van der Waals surface area contributed by atoms with Crippen LogP contribution in [0, 0.1) is 5.92 Å². The zero-order valence-corrected chi connectivity index (χ0v) is 13.3. The molecule has 3 aliphatic heterocycles. The van der Waals surface area contributed by atoms with E-state index in [4.69, 9.17) is 9.72 Å². The van der Waals surface area contributed by atoms with Gasteiger partial charge in [-0.3, -0.25) is 4.79 Å². The quantitative estimate of drug-likeness (QED) is 0.824. The maximum absolute atomic E-state index is 12.6. The van der Waals surface area contributed by atoms with Gasteiger partial charge in [0.25, 0.3) is 0 Å². The average molecular weight is 314 g/mol. The molecule has 0 aromatic carbocycles. The van der Waals surface area contributed by atoms with Crippen LogP contribution in [0.1, 0.15) is 43.0 Å². The molecular weight excluding hydrogens is 292 g/mol. The molecule has 6 heteroatoms. The smallest absolute Gasteiger partial charge is 0.226 e. The number of rotatable bonds is 2. The van der Waals surface area contributed by atoms with Gasteiger partial charge in [0.15, 0.2) is 0 Å². The molecule has 0 N–H and O–H groups in total. The minimum atomic E-state index is 0.218. The Hall–Kier alpha value is -1.69. The molecule has 1 aromatic heterocycles. The fraction of sp³-hybridized carbons (Fsp3) is 0.706. The Kier molecular flexibility index (Phi) is 3.08. The first-order valence-electron chi connectivity index (χ1n) is 8.82. The molecule has 1 amide bonds. The van der Waals surface area contributed by atoms with Crippen LogP contribution in [0.15, 0.2) is 6.20 Å². The number of ether oxygens (including phenoxy) is 1. The largest absolute Gasteiger partial charge is 0.378 e. The van der Waals surface area contributed by atoms with Crippen LogP contribution in [0.5, 0.6) is 0 Å². The van der Waals surface area contributed by atoms with Crippen molar-refractivity contribution in [3.63, 3.8) is 0 Å². The SMILES string of the molecule is O=C(C1CC1)N1C2CCC1c1cnc(N3CCOCC3)nc1C2. The monoisotopic (exact) mass is 314 g/mol. The van der Waals surface area contributed by atoms with Gasteiger partial charge in [-0.25, -0.2) is 9.97 Å². The number of morpholine rings is 1. The summed E-state index contributed by atoms with van der Waals surface area (Å²) in [5.41, 5.74) is 2.35. The van der Waals surface area contributed by atoms with E-state index in [1.54, 1.807) is 0 Å². The van der Waals surface area contributed by atoms with Crippen molar-refractivity contribution in [2.45, 2.75) is 44.2 Å². The van der Waals surface area contributed by atoms with Gasteiger partial charge in [-0.05, 0) is 25.7 Å². The van der Waals surface area contributed by atoms with Crippen LogP contribution >= 0.6 is 0 Å². The number of fused-ring (bicyclic) bond motifs is 4. The van der Waals surface area contributed by atoms with Crippen molar-refractivity contribution in [1.29, 1.82) is 0 Å². The highest BCUT2D eigenvalue weighted by Gasteiger charge is 2.47. The summed E-state index contributed by atoms with van der Waals surface area (Å²) in [6.07, 6.45) is 7.20. The van der Waals surface area contributed by atoms with Crippen molar-refractivity contribution in [1.82, 2.24) is 14.9 Å². The Morgan fingerprint density at radius 1 is 1.17 bits per heavy atom. The number of amides is 1. The summed E-state index contributed by atoms with van der Waals surface area (Å²) in [4.78, 5) is 26.4. The van der Waals surface area contributed by atoms with Gasteiger partial charge in [-0.2, -0.15) is 0 Å². The number of carbonyl (C=O) groups excluding carboxylic acids is 1.